The zero-order valence-corrected chi connectivity index (χ0v) is 19.4. The molecule has 0 bridgehead atoms. The molecule has 1 aliphatic heterocycles. The van der Waals surface area contributed by atoms with Crippen LogP contribution in [0, 0.1) is 17.6 Å². The van der Waals surface area contributed by atoms with Gasteiger partial charge in [-0.2, -0.15) is 0 Å². The van der Waals surface area contributed by atoms with Crippen molar-refractivity contribution in [1.82, 2.24) is 0 Å². The zero-order chi connectivity index (χ0) is 24.9. The Morgan fingerprint density at radius 1 is 0.943 bits per heavy atom. The molecule has 1 saturated heterocycles. The van der Waals surface area contributed by atoms with Crippen LogP contribution >= 0.6 is 0 Å². The third-order valence-corrected chi connectivity index (χ3v) is 6.04. The molecule has 35 heavy (non-hydrogen) atoms. The number of hydrogen-bond acceptors (Lipinski definition) is 4. The number of benzene rings is 3. The van der Waals surface area contributed by atoms with Gasteiger partial charge in [0.25, 0.3) is 0 Å². The van der Waals surface area contributed by atoms with Gasteiger partial charge in [-0.3, -0.25) is 9.59 Å². The maximum absolute atomic E-state index is 13.5. The molecule has 180 valence electrons. The van der Waals surface area contributed by atoms with Crippen molar-refractivity contribution in [2.45, 2.75) is 19.4 Å². The lowest BCUT2D eigenvalue weighted by molar-refractivity contribution is -0.139. The minimum atomic E-state index is -0.434. The summed E-state index contributed by atoms with van der Waals surface area (Å²) >= 11 is 0. The van der Waals surface area contributed by atoms with Crippen molar-refractivity contribution in [3.05, 3.63) is 102 Å². The summed E-state index contributed by atoms with van der Waals surface area (Å²) in [6.45, 7) is 1.33. The number of amides is 1. The largest absolute Gasteiger partial charge is 0.497 e. The van der Waals surface area contributed by atoms with Crippen LogP contribution in [0.15, 0.2) is 78.9 Å². The van der Waals surface area contributed by atoms with E-state index in [0.717, 1.165) is 5.56 Å². The van der Waals surface area contributed by atoms with Gasteiger partial charge < -0.3 is 14.4 Å². The van der Waals surface area contributed by atoms with Gasteiger partial charge in [-0.05, 0) is 71.7 Å². The number of β-lactam (4-membered cyclic amide) rings is 1. The molecule has 4 rings (SSSR count). The molecule has 1 amide bonds. The Balaban J connectivity index is 1.65. The van der Waals surface area contributed by atoms with Crippen LogP contribution in [-0.4, -0.2) is 25.6 Å². The van der Waals surface area contributed by atoms with Crippen molar-refractivity contribution < 1.29 is 27.8 Å². The second-order valence-electron chi connectivity index (χ2n) is 8.26. The molecule has 0 aliphatic carbocycles. The van der Waals surface area contributed by atoms with Crippen molar-refractivity contribution in [1.29, 1.82) is 0 Å². The predicted molar refractivity (Wildman–Crippen MR) is 129 cm³/mol. The van der Waals surface area contributed by atoms with Gasteiger partial charge in [-0.1, -0.05) is 30.3 Å². The van der Waals surface area contributed by atoms with Crippen molar-refractivity contribution >= 4 is 23.1 Å². The number of allylic oxidation sites excluding steroid dienone is 1. The monoisotopic (exact) mass is 477 g/mol. The van der Waals surface area contributed by atoms with Gasteiger partial charge in [0.15, 0.2) is 0 Å². The number of halogens is 2. The number of ether oxygens (including phenoxy) is 2. The second kappa shape index (κ2) is 10.5. The molecular weight excluding hydrogens is 452 g/mol. The lowest BCUT2D eigenvalue weighted by atomic mass is 9.79. The quantitative estimate of drug-likeness (QED) is 0.308. The van der Waals surface area contributed by atoms with Crippen LogP contribution in [0.3, 0.4) is 0 Å². The Morgan fingerprint density at radius 3 is 2.11 bits per heavy atom. The minimum absolute atomic E-state index is 0.0107. The van der Waals surface area contributed by atoms with Crippen LogP contribution in [0.25, 0.3) is 5.57 Å². The first-order valence-electron chi connectivity index (χ1n) is 11.2. The summed E-state index contributed by atoms with van der Waals surface area (Å²) in [7, 11) is 1.58. The van der Waals surface area contributed by atoms with E-state index in [1.807, 2.05) is 30.3 Å². The lowest BCUT2D eigenvalue weighted by Gasteiger charge is -2.47. The van der Waals surface area contributed by atoms with E-state index in [1.54, 1.807) is 36.3 Å². The fraction of sp³-hybridized carbons (Fsp3) is 0.214. The summed E-state index contributed by atoms with van der Waals surface area (Å²) in [6, 6.07) is 18.9. The average Bonchev–Trinajstić information content (AvgIpc) is 2.86. The highest BCUT2D eigenvalue weighted by molar-refractivity contribution is 6.03. The molecule has 2 atom stereocenters. The molecule has 5 nitrogen and oxygen atoms in total. The van der Waals surface area contributed by atoms with E-state index in [-0.39, 0.29) is 36.1 Å². The summed E-state index contributed by atoms with van der Waals surface area (Å²) in [5, 5.41) is 0. The zero-order valence-electron chi connectivity index (χ0n) is 19.4. The summed E-state index contributed by atoms with van der Waals surface area (Å²) in [5.74, 6) is -0.970. The van der Waals surface area contributed by atoms with E-state index in [1.165, 1.54) is 31.2 Å². The summed E-state index contributed by atoms with van der Waals surface area (Å²) < 4.78 is 37.4. The molecule has 0 saturated carbocycles. The van der Waals surface area contributed by atoms with Crippen molar-refractivity contribution in [3.63, 3.8) is 0 Å². The average molecular weight is 478 g/mol. The highest BCUT2D eigenvalue weighted by Crippen LogP contribution is 2.45. The molecule has 0 spiro atoms. The Bertz CT molecular complexity index is 1220. The Morgan fingerprint density at radius 2 is 1.54 bits per heavy atom. The van der Waals surface area contributed by atoms with Crippen LogP contribution in [0.4, 0.5) is 14.5 Å². The first-order chi connectivity index (χ1) is 16.9. The molecule has 1 heterocycles. The van der Waals surface area contributed by atoms with Crippen LogP contribution in [-0.2, 0) is 14.3 Å². The molecule has 3 aromatic carbocycles. The predicted octanol–water partition coefficient (Wildman–Crippen LogP) is 5.71. The normalized spacial score (nSPS) is 17.7. The molecule has 1 fully saturated rings. The highest BCUT2D eigenvalue weighted by Gasteiger charge is 2.48. The number of methoxy groups -OCH3 is 1. The Labute approximate surface area is 202 Å². The van der Waals surface area contributed by atoms with Gasteiger partial charge in [0.2, 0.25) is 5.91 Å². The maximum atomic E-state index is 13.5. The minimum Gasteiger partial charge on any atom is -0.497 e. The van der Waals surface area contributed by atoms with Gasteiger partial charge >= 0.3 is 5.97 Å². The van der Waals surface area contributed by atoms with Crippen LogP contribution in [0.2, 0.25) is 0 Å². The SMILES string of the molecule is COc1ccc([C@@H]2[C@@H](CC=C(COC(C)=O)c3ccc(F)cc3)C(=O)N2c2ccc(F)cc2)cc1. The highest BCUT2D eigenvalue weighted by atomic mass is 19.1. The topological polar surface area (TPSA) is 55.8 Å². The van der Waals surface area contributed by atoms with E-state index >= 15 is 0 Å². The standard InChI is InChI=1S/C28H25F2NO4/c1-18(32)35-17-21(19-3-8-22(29)9-4-19)7-16-26-27(20-5-14-25(34-2)15-6-20)31(28(26)33)24-12-10-23(30)11-13-24/h3-15,26-27H,16-17H2,1-2H3/t26-,27-/m1/s1. The fourth-order valence-corrected chi connectivity index (χ4v) is 4.22. The van der Waals surface area contributed by atoms with Crippen LogP contribution in [0.1, 0.15) is 30.5 Å². The molecule has 0 unspecified atom stereocenters. The van der Waals surface area contributed by atoms with Crippen LogP contribution in [0.5, 0.6) is 5.75 Å². The number of nitrogens with zero attached hydrogens (tertiary/aromatic N) is 1. The van der Waals surface area contributed by atoms with Crippen LogP contribution < -0.4 is 9.64 Å². The number of esters is 1. The lowest BCUT2D eigenvalue weighted by Crippen LogP contribution is -2.55. The molecular formula is C28H25F2NO4. The van der Waals surface area contributed by atoms with E-state index in [4.69, 9.17) is 9.47 Å². The summed E-state index contributed by atoms with van der Waals surface area (Å²) in [5.41, 5.74) is 2.91. The van der Waals surface area contributed by atoms with E-state index < -0.39 is 5.97 Å². The van der Waals surface area contributed by atoms with Crippen molar-refractivity contribution in [2.24, 2.45) is 5.92 Å². The first-order valence-corrected chi connectivity index (χ1v) is 11.2. The van der Waals surface area contributed by atoms with Gasteiger partial charge in [0.1, 0.15) is 24.0 Å². The first kappa shape index (κ1) is 24.1. The van der Waals surface area contributed by atoms with Crippen molar-refractivity contribution in [3.8, 4) is 5.75 Å². The van der Waals surface area contributed by atoms with E-state index in [9.17, 15) is 18.4 Å². The maximum Gasteiger partial charge on any atom is 0.302 e. The number of carbonyl (C=O) groups is 2. The van der Waals surface area contributed by atoms with Gasteiger partial charge in [-0.25, -0.2) is 8.78 Å². The number of carbonyl (C=O) groups excluding carboxylic acids is 2. The third kappa shape index (κ3) is 5.40. The number of rotatable bonds is 8. The summed E-state index contributed by atoms with van der Waals surface area (Å²) in [6.07, 6.45) is 2.23. The third-order valence-electron chi connectivity index (χ3n) is 6.04. The molecule has 0 radical (unpaired) electrons. The van der Waals surface area contributed by atoms with Gasteiger partial charge in [-0.15, -0.1) is 0 Å². The smallest absolute Gasteiger partial charge is 0.302 e. The molecule has 1 aliphatic rings. The van der Waals surface area contributed by atoms with E-state index in [0.29, 0.717) is 29.0 Å². The van der Waals surface area contributed by atoms with Gasteiger partial charge in [0.05, 0.1) is 19.1 Å². The van der Waals surface area contributed by atoms with Gasteiger partial charge in [0, 0.05) is 12.6 Å². The molecule has 7 heteroatoms. The fourth-order valence-electron chi connectivity index (χ4n) is 4.22. The number of hydrogen-bond donors (Lipinski definition) is 0. The summed E-state index contributed by atoms with van der Waals surface area (Å²) in [4.78, 5) is 26.3. The van der Waals surface area contributed by atoms with E-state index in [2.05, 4.69) is 0 Å². The molecule has 0 N–H and O–H groups in total. The Hall–Kier alpha value is -4.00. The molecule has 0 aromatic heterocycles. The molecule has 3 aromatic rings. The van der Waals surface area contributed by atoms with Crippen molar-refractivity contribution in [2.75, 3.05) is 18.6 Å². The number of anilines is 1. The Kier molecular flexibility index (Phi) is 7.25. The second-order valence-corrected chi connectivity index (χ2v) is 8.26.